The molecule has 68 valence electrons. The van der Waals surface area contributed by atoms with Gasteiger partial charge in [0.1, 0.15) is 5.71 Å². The summed E-state index contributed by atoms with van der Waals surface area (Å²) in [6.45, 7) is 1.23. The number of nitrogens with zero attached hydrogens (tertiary/aromatic N) is 1. The summed E-state index contributed by atoms with van der Waals surface area (Å²) in [4.78, 5) is 25.5. The SMILES string of the molecule is CC(=O)O/N=C1/C=CC(=O)C(Cl)=C1. The van der Waals surface area contributed by atoms with Gasteiger partial charge in [-0.25, -0.2) is 4.79 Å². The van der Waals surface area contributed by atoms with Gasteiger partial charge in [0.2, 0.25) is 0 Å². The number of carbonyl (C=O) groups is 2. The van der Waals surface area contributed by atoms with Crippen LogP contribution in [0.3, 0.4) is 0 Å². The highest BCUT2D eigenvalue weighted by Crippen LogP contribution is 2.09. The third kappa shape index (κ3) is 2.83. The molecule has 0 aromatic heterocycles. The predicted octanol–water partition coefficient (Wildman–Crippen LogP) is 1.17. The van der Waals surface area contributed by atoms with Crippen molar-refractivity contribution < 1.29 is 14.4 Å². The monoisotopic (exact) mass is 199 g/mol. The maximum absolute atomic E-state index is 10.8. The number of halogens is 1. The largest absolute Gasteiger partial charge is 0.331 e. The van der Waals surface area contributed by atoms with Gasteiger partial charge in [-0.15, -0.1) is 0 Å². The van der Waals surface area contributed by atoms with Crippen LogP contribution in [-0.4, -0.2) is 17.5 Å². The summed E-state index contributed by atoms with van der Waals surface area (Å²) in [5.41, 5.74) is 0.333. The lowest BCUT2D eigenvalue weighted by Crippen LogP contribution is -2.05. The number of ketones is 1. The molecular formula is C8H6ClNO3. The van der Waals surface area contributed by atoms with E-state index in [1.54, 1.807) is 0 Å². The van der Waals surface area contributed by atoms with E-state index in [1.807, 2.05) is 0 Å². The van der Waals surface area contributed by atoms with Crippen LogP contribution in [0.1, 0.15) is 6.92 Å². The van der Waals surface area contributed by atoms with Crippen LogP contribution in [-0.2, 0) is 14.4 Å². The van der Waals surface area contributed by atoms with Crippen molar-refractivity contribution in [1.82, 2.24) is 0 Å². The van der Waals surface area contributed by atoms with Gasteiger partial charge in [-0.1, -0.05) is 16.8 Å². The Hall–Kier alpha value is -1.42. The smallest absolute Gasteiger partial charge is 0.318 e. The lowest BCUT2D eigenvalue weighted by molar-refractivity contribution is -0.140. The van der Waals surface area contributed by atoms with Gasteiger partial charge in [-0.2, -0.15) is 0 Å². The molecule has 0 saturated carbocycles. The Morgan fingerprint density at radius 3 is 2.77 bits per heavy atom. The average Bonchev–Trinajstić information content (AvgIpc) is 2.07. The van der Waals surface area contributed by atoms with E-state index in [1.165, 1.54) is 25.2 Å². The van der Waals surface area contributed by atoms with Crippen LogP contribution in [0.5, 0.6) is 0 Å². The molecule has 0 bridgehead atoms. The van der Waals surface area contributed by atoms with Crippen LogP contribution < -0.4 is 0 Å². The number of rotatable bonds is 1. The zero-order chi connectivity index (χ0) is 9.84. The molecular weight excluding hydrogens is 194 g/mol. The molecule has 0 aliphatic heterocycles. The summed E-state index contributed by atoms with van der Waals surface area (Å²) in [5, 5.41) is 3.48. The van der Waals surface area contributed by atoms with E-state index in [4.69, 9.17) is 11.6 Å². The standard InChI is InChI=1S/C8H6ClNO3/c1-5(11)13-10-6-2-3-8(12)7(9)4-6/h2-4H,1H3/b10-6-. The molecule has 0 fully saturated rings. The van der Waals surface area contributed by atoms with Crippen molar-refractivity contribution in [3.63, 3.8) is 0 Å². The Bertz CT molecular complexity index is 341. The van der Waals surface area contributed by atoms with Crippen molar-refractivity contribution in [3.8, 4) is 0 Å². The minimum Gasteiger partial charge on any atom is -0.318 e. The van der Waals surface area contributed by atoms with Crippen molar-refractivity contribution in [2.75, 3.05) is 0 Å². The number of oxime groups is 1. The molecule has 1 aliphatic rings. The molecule has 0 aromatic rings. The van der Waals surface area contributed by atoms with Crippen molar-refractivity contribution in [2.24, 2.45) is 5.16 Å². The summed E-state index contributed by atoms with van der Waals surface area (Å²) in [6.07, 6.45) is 3.99. The molecule has 0 heterocycles. The number of hydrogen-bond acceptors (Lipinski definition) is 4. The van der Waals surface area contributed by atoms with Crippen molar-refractivity contribution in [1.29, 1.82) is 0 Å². The van der Waals surface area contributed by atoms with Crippen LogP contribution in [0.2, 0.25) is 0 Å². The topological polar surface area (TPSA) is 55.7 Å². The molecule has 1 aliphatic carbocycles. The van der Waals surface area contributed by atoms with Crippen LogP contribution in [0.15, 0.2) is 28.4 Å². The summed E-state index contributed by atoms with van der Waals surface area (Å²) in [5.74, 6) is -0.814. The third-order valence-corrected chi connectivity index (χ3v) is 1.49. The van der Waals surface area contributed by atoms with Gasteiger partial charge in [0.15, 0.2) is 5.78 Å². The van der Waals surface area contributed by atoms with Gasteiger partial charge >= 0.3 is 5.97 Å². The predicted molar refractivity (Wildman–Crippen MR) is 47.3 cm³/mol. The maximum atomic E-state index is 10.8. The van der Waals surface area contributed by atoms with Gasteiger partial charge in [-0.05, 0) is 18.2 Å². The molecule has 5 heteroatoms. The maximum Gasteiger partial charge on any atom is 0.331 e. The van der Waals surface area contributed by atoms with Gasteiger partial charge in [-0.3, -0.25) is 4.79 Å². The first-order valence-corrected chi connectivity index (χ1v) is 3.82. The van der Waals surface area contributed by atoms with E-state index >= 15 is 0 Å². The average molecular weight is 200 g/mol. The van der Waals surface area contributed by atoms with Crippen LogP contribution in [0.4, 0.5) is 0 Å². The second kappa shape index (κ2) is 4.00. The van der Waals surface area contributed by atoms with E-state index in [-0.39, 0.29) is 10.8 Å². The molecule has 0 spiro atoms. The lowest BCUT2D eigenvalue weighted by Gasteiger charge is -2.00. The zero-order valence-electron chi connectivity index (χ0n) is 6.78. The number of allylic oxidation sites excluding steroid dienone is 4. The Morgan fingerprint density at radius 1 is 1.54 bits per heavy atom. The summed E-state index contributed by atoms with van der Waals surface area (Å²) >= 11 is 5.52. The fraction of sp³-hybridized carbons (Fsp3) is 0.125. The fourth-order valence-corrected chi connectivity index (χ4v) is 0.838. The van der Waals surface area contributed by atoms with E-state index in [2.05, 4.69) is 9.99 Å². The minimum atomic E-state index is -0.526. The highest BCUT2D eigenvalue weighted by Gasteiger charge is 2.09. The van der Waals surface area contributed by atoms with Gasteiger partial charge in [0.05, 0.1) is 5.03 Å². The first kappa shape index (κ1) is 9.67. The second-order valence-electron chi connectivity index (χ2n) is 2.29. The quantitative estimate of drug-likeness (QED) is 0.362. The normalized spacial score (nSPS) is 18.8. The molecule has 0 N–H and O–H groups in total. The first-order chi connectivity index (χ1) is 6.09. The van der Waals surface area contributed by atoms with Gasteiger partial charge in [0, 0.05) is 6.92 Å². The van der Waals surface area contributed by atoms with Crippen LogP contribution >= 0.6 is 11.6 Å². The summed E-state index contributed by atoms with van der Waals surface area (Å²) < 4.78 is 0. The van der Waals surface area contributed by atoms with Crippen LogP contribution in [0, 0.1) is 0 Å². The molecule has 0 saturated heterocycles. The van der Waals surface area contributed by atoms with Crippen LogP contribution in [0.25, 0.3) is 0 Å². The number of carbonyl (C=O) groups excluding carboxylic acids is 2. The van der Waals surface area contributed by atoms with Gasteiger partial charge < -0.3 is 4.84 Å². The molecule has 0 amide bonds. The van der Waals surface area contributed by atoms with E-state index < -0.39 is 5.97 Å². The molecule has 13 heavy (non-hydrogen) atoms. The van der Waals surface area contributed by atoms with E-state index in [9.17, 15) is 9.59 Å². The molecule has 0 radical (unpaired) electrons. The Balaban J connectivity index is 2.74. The summed E-state index contributed by atoms with van der Waals surface area (Å²) in [6, 6.07) is 0. The van der Waals surface area contributed by atoms with Gasteiger partial charge in [0.25, 0.3) is 0 Å². The Labute approximate surface area is 79.5 Å². The highest BCUT2D eigenvalue weighted by molar-refractivity contribution is 6.47. The van der Waals surface area contributed by atoms with Crippen molar-refractivity contribution in [2.45, 2.75) is 6.92 Å². The third-order valence-electron chi connectivity index (χ3n) is 1.20. The summed E-state index contributed by atoms with van der Waals surface area (Å²) in [7, 11) is 0. The molecule has 4 nitrogen and oxygen atoms in total. The highest BCUT2D eigenvalue weighted by atomic mass is 35.5. The van der Waals surface area contributed by atoms with Crippen molar-refractivity contribution >= 4 is 29.1 Å². The molecule has 1 rings (SSSR count). The minimum absolute atomic E-state index is 0.0494. The van der Waals surface area contributed by atoms with E-state index in [0.29, 0.717) is 5.71 Å². The fourth-order valence-electron chi connectivity index (χ4n) is 0.664. The molecule has 0 aromatic carbocycles. The Kier molecular flexibility index (Phi) is 2.97. The second-order valence-corrected chi connectivity index (χ2v) is 2.70. The first-order valence-electron chi connectivity index (χ1n) is 3.45. The lowest BCUT2D eigenvalue weighted by atomic mass is 10.2. The zero-order valence-corrected chi connectivity index (χ0v) is 7.54. The number of hydrogen-bond donors (Lipinski definition) is 0. The van der Waals surface area contributed by atoms with Crippen molar-refractivity contribution in [3.05, 3.63) is 23.3 Å². The molecule has 0 atom stereocenters. The molecule has 0 unspecified atom stereocenters. The Morgan fingerprint density at radius 2 is 2.23 bits per heavy atom. The van der Waals surface area contributed by atoms with E-state index in [0.717, 1.165) is 0 Å².